The van der Waals surface area contributed by atoms with Crippen molar-refractivity contribution in [2.45, 2.75) is 6.42 Å². The number of benzene rings is 1. The first kappa shape index (κ1) is 15.3. The number of hydrogen-bond donors (Lipinski definition) is 1. The van der Waals surface area contributed by atoms with E-state index in [2.05, 4.69) is 34.3 Å². The molecule has 2 rings (SSSR count). The summed E-state index contributed by atoms with van der Waals surface area (Å²) in [6, 6.07) is 3.77. The van der Waals surface area contributed by atoms with E-state index in [9.17, 15) is 0 Å². The first-order chi connectivity index (χ1) is 10.2. The molecule has 2 aromatic rings. The second-order valence-electron chi connectivity index (χ2n) is 5.03. The number of hydrogen-bond acceptors (Lipinski definition) is 6. The summed E-state index contributed by atoms with van der Waals surface area (Å²) in [5.41, 5.74) is 0.831. The van der Waals surface area contributed by atoms with Crippen LogP contribution in [0.4, 0.5) is 5.82 Å². The predicted molar refractivity (Wildman–Crippen MR) is 84.3 cm³/mol. The van der Waals surface area contributed by atoms with Gasteiger partial charge in [-0.1, -0.05) is 0 Å². The van der Waals surface area contributed by atoms with Crippen LogP contribution in [0.15, 0.2) is 18.5 Å². The van der Waals surface area contributed by atoms with Gasteiger partial charge in [0.2, 0.25) is 0 Å². The largest absolute Gasteiger partial charge is 0.493 e. The lowest BCUT2D eigenvalue weighted by molar-refractivity contribution is 0.356. The van der Waals surface area contributed by atoms with E-state index < -0.39 is 0 Å². The van der Waals surface area contributed by atoms with Crippen molar-refractivity contribution >= 4 is 16.7 Å². The SMILES string of the molecule is COc1cc2ncnc(NCCCN(C)C)c2cc1OC. The first-order valence-corrected chi connectivity index (χ1v) is 6.91. The van der Waals surface area contributed by atoms with Crippen LogP contribution < -0.4 is 14.8 Å². The maximum absolute atomic E-state index is 5.34. The van der Waals surface area contributed by atoms with Gasteiger partial charge in [-0.2, -0.15) is 0 Å². The van der Waals surface area contributed by atoms with Gasteiger partial charge < -0.3 is 19.7 Å². The second kappa shape index (κ2) is 7.08. The van der Waals surface area contributed by atoms with Gasteiger partial charge in [0, 0.05) is 18.0 Å². The van der Waals surface area contributed by atoms with Gasteiger partial charge in [0.15, 0.2) is 11.5 Å². The summed E-state index contributed by atoms with van der Waals surface area (Å²) in [6.45, 7) is 1.89. The number of fused-ring (bicyclic) bond motifs is 1. The Morgan fingerprint density at radius 1 is 1.10 bits per heavy atom. The minimum atomic E-state index is 0.669. The summed E-state index contributed by atoms with van der Waals surface area (Å²) >= 11 is 0. The number of methoxy groups -OCH3 is 2. The minimum Gasteiger partial charge on any atom is -0.493 e. The minimum absolute atomic E-state index is 0.669. The number of nitrogens with zero attached hydrogens (tertiary/aromatic N) is 3. The summed E-state index contributed by atoms with van der Waals surface area (Å²) in [4.78, 5) is 10.8. The van der Waals surface area contributed by atoms with Crippen LogP contribution in [-0.2, 0) is 0 Å². The zero-order valence-corrected chi connectivity index (χ0v) is 13.0. The molecule has 0 aliphatic heterocycles. The molecule has 0 bridgehead atoms. The third-order valence-electron chi connectivity index (χ3n) is 3.22. The van der Waals surface area contributed by atoms with Crippen molar-refractivity contribution in [3.63, 3.8) is 0 Å². The fraction of sp³-hybridized carbons (Fsp3) is 0.467. The fourth-order valence-corrected chi connectivity index (χ4v) is 2.13. The lowest BCUT2D eigenvalue weighted by atomic mass is 10.2. The van der Waals surface area contributed by atoms with E-state index in [0.29, 0.717) is 11.5 Å². The maximum Gasteiger partial charge on any atom is 0.162 e. The van der Waals surface area contributed by atoms with E-state index in [0.717, 1.165) is 36.2 Å². The molecule has 114 valence electrons. The fourth-order valence-electron chi connectivity index (χ4n) is 2.13. The van der Waals surface area contributed by atoms with Crippen LogP contribution >= 0.6 is 0 Å². The summed E-state index contributed by atoms with van der Waals surface area (Å²) in [6.07, 6.45) is 2.61. The standard InChI is InChI=1S/C15H22N4O2/c1-19(2)7-5-6-16-15-11-8-13(20-3)14(21-4)9-12(11)17-10-18-15/h8-10H,5-7H2,1-4H3,(H,16,17,18). The Bertz CT molecular complexity index is 601. The number of nitrogens with one attached hydrogen (secondary N) is 1. The van der Waals surface area contributed by atoms with Gasteiger partial charge >= 0.3 is 0 Å². The average molecular weight is 290 g/mol. The highest BCUT2D eigenvalue weighted by molar-refractivity contribution is 5.91. The summed E-state index contributed by atoms with van der Waals surface area (Å²) in [7, 11) is 7.37. The molecule has 0 atom stereocenters. The normalized spacial score (nSPS) is 10.9. The molecule has 21 heavy (non-hydrogen) atoms. The Labute approximate surface area is 125 Å². The van der Waals surface area contributed by atoms with E-state index in [1.807, 2.05) is 12.1 Å². The van der Waals surface area contributed by atoms with Crippen LogP contribution in [0, 0.1) is 0 Å². The summed E-state index contributed by atoms with van der Waals surface area (Å²) < 4.78 is 10.6. The van der Waals surface area contributed by atoms with Gasteiger partial charge in [-0.05, 0) is 33.1 Å². The van der Waals surface area contributed by atoms with E-state index in [4.69, 9.17) is 9.47 Å². The van der Waals surface area contributed by atoms with Gasteiger partial charge in [0.1, 0.15) is 12.1 Å². The molecule has 1 N–H and O–H groups in total. The predicted octanol–water partition coefficient (Wildman–Crippen LogP) is 2.01. The van der Waals surface area contributed by atoms with E-state index >= 15 is 0 Å². The monoisotopic (exact) mass is 290 g/mol. The topological polar surface area (TPSA) is 59.5 Å². The number of rotatable bonds is 7. The lowest BCUT2D eigenvalue weighted by Crippen LogP contribution is -2.16. The third-order valence-corrected chi connectivity index (χ3v) is 3.22. The van der Waals surface area contributed by atoms with Gasteiger partial charge in [-0.3, -0.25) is 0 Å². The third kappa shape index (κ3) is 3.72. The number of anilines is 1. The van der Waals surface area contributed by atoms with Crippen molar-refractivity contribution in [1.29, 1.82) is 0 Å². The Kier molecular flexibility index (Phi) is 5.16. The molecule has 0 fully saturated rings. The van der Waals surface area contributed by atoms with E-state index in [1.54, 1.807) is 20.5 Å². The molecule has 0 unspecified atom stereocenters. The van der Waals surface area contributed by atoms with Crippen molar-refractivity contribution < 1.29 is 9.47 Å². The highest BCUT2D eigenvalue weighted by Crippen LogP contribution is 2.33. The molecule has 6 nitrogen and oxygen atoms in total. The Morgan fingerprint density at radius 3 is 2.48 bits per heavy atom. The molecule has 1 aromatic carbocycles. The molecule has 6 heteroatoms. The van der Waals surface area contributed by atoms with Crippen LogP contribution in [0.2, 0.25) is 0 Å². The summed E-state index contributed by atoms with van der Waals surface area (Å²) in [5, 5.41) is 4.29. The van der Waals surface area contributed by atoms with Gasteiger partial charge in [-0.15, -0.1) is 0 Å². The number of ether oxygens (including phenoxy) is 2. The molecule has 0 radical (unpaired) electrons. The molecule has 0 saturated heterocycles. The molecular formula is C15H22N4O2. The first-order valence-electron chi connectivity index (χ1n) is 6.91. The molecular weight excluding hydrogens is 268 g/mol. The maximum atomic E-state index is 5.34. The molecule has 0 aliphatic rings. The van der Waals surface area contributed by atoms with Crippen LogP contribution in [0.3, 0.4) is 0 Å². The molecule has 1 aromatic heterocycles. The van der Waals surface area contributed by atoms with E-state index in [-0.39, 0.29) is 0 Å². The molecule has 0 saturated carbocycles. The summed E-state index contributed by atoms with van der Waals surface area (Å²) in [5.74, 6) is 2.16. The molecule has 0 amide bonds. The quantitative estimate of drug-likeness (QED) is 0.787. The highest BCUT2D eigenvalue weighted by Gasteiger charge is 2.10. The lowest BCUT2D eigenvalue weighted by Gasteiger charge is -2.13. The van der Waals surface area contributed by atoms with Crippen LogP contribution in [0.25, 0.3) is 10.9 Å². The Hall–Kier alpha value is -2.08. The molecule has 0 spiro atoms. The highest BCUT2D eigenvalue weighted by atomic mass is 16.5. The van der Waals surface area contributed by atoms with Crippen LogP contribution in [-0.4, -0.2) is 56.3 Å². The van der Waals surface area contributed by atoms with Crippen molar-refractivity contribution in [2.75, 3.05) is 46.7 Å². The smallest absolute Gasteiger partial charge is 0.162 e. The van der Waals surface area contributed by atoms with Crippen LogP contribution in [0.1, 0.15) is 6.42 Å². The molecule has 1 heterocycles. The zero-order valence-electron chi connectivity index (χ0n) is 13.0. The van der Waals surface area contributed by atoms with Crippen molar-refractivity contribution in [3.05, 3.63) is 18.5 Å². The average Bonchev–Trinajstić information content (AvgIpc) is 2.49. The van der Waals surface area contributed by atoms with Crippen molar-refractivity contribution in [1.82, 2.24) is 14.9 Å². The van der Waals surface area contributed by atoms with Crippen molar-refractivity contribution in [2.24, 2.45) is 0 Å². The van der Waals surface area contributed by atoms with Gasteiger partial charge in [0.05, 0.1) is 19.7 Å². The Morgan fingerprint density at radius 2 is 1.81 bits per heavy atom. The van der Waals surface area contributed by atoms with Gasteiger partial charge in [-0.25, -0.2) is 9.97 Å². The second-order valence-corrected chi connectivity index (χ2v) is 5.03. The zero-order chi connectivity index (χ0) is 15.2. The molecule has 0 aliphatic carbocycles. The number of aromatic nitrogens is 2. The van der Waals surface area contributed by atoms with Crippen molar-refractivity contribution in [3.8, 4) is 11.5 Å². The van der Waals surface area contributed by atoms with E-state index in [1.165, 1.54) is 0 Å². The van der Waals surface area contributed by atoms with Crippen LogP contribution in [0.5, 0.6) is 11.5 Å². The Balaban J connectivity index is 2.23. The van der Waals surface area contributed by atoms with Gasteiger partial charge in [0.25, 0.3) is 0 Å².